The zero-order valence-corrected chi connectivity index (χ0v) is 14.2. The van der Waals surface area contributed by atoms with Crippen LogP contribution in [0.15, 0.2) is 21.6 Å². The molecule has 0 saturated heterocycles. The van der Waals surface area contributed by atoms with Crippen LogP contribution in [0.2, 0.25) is 0 Å². The van der Waals surface area contributed by atoms with Crippen molar-refractivity contribution in [3.8, 4) is 5.75 Å². The van der Waals surface area contributed by atoms with E-state index in [4.69, 9.17) is 21.0 Å². The molecule has 0 aromatic heterocycles. The standard InChI is InChI=1S/C14H19BrN4O3/c1-14(2)6-10(19-21-3)8-4-7(12(20)18-13(16)17)5-9(15)11(8)22-14/h4-5,10,19H,6H2,1-3H3,(H4,16,17,18,20). The zero-order chi connectivity index (χ0) is 16.5. The van der Waals surface area contributed by atoms with Crippen molar-refractivity contribution in [3.63, 3.8) is 0 Å². The Bertz CT molecular complexity index is 627. The van der Waals surface area contributed by atoms with Gasteiger partial charge in [-0.2, -0.15) is 10.5 Å². The fraction of sp³-hybridized carbons (Fsp3) is 0.429. The predicted molar refractivity (Wildman–Crippen MR) is 86.5 cm³/mol. The Hall–Kier alpha value is -1.64. The van der Waals surface area contributed by atoms with Crippen molar-refractivity contribution >= 4 is 27.8 Å². The second-order valence-electron chi connectivity index (χ2n) is 5.66. The topological polar surface area (TPSA) is 112 Å². The summed E-state index contributed by atoms with van der Waals surface area (Å²) in [5.74, 6) is -0.112. The molecule has 0 radical (unpaired) electrons. The SMILES string of the molecule is CONC1CC(C)(C)Oc2c(Br)cc(C(=O)N=C(N)N)cc21. The second kappa shape index (κ2) is 6.23. The van der Waals surface area contributed by atoms with Gasteiger partial charge in [-0.3, -0.25) is 4.79 Å². The first-order chi connectivity index (χ1) is 10.2. The van der Waals surface area contributed by atoms with E-state index in [1.807, 2.05) is 13.8 Å². The van der Waals surface area contributed by atoms with Crippen molar-refractivity contribution in [2.75, 3.05) is 7.11 Å². The highest BCUT2D eigenvalue weighted by Crippen LogP contribution is 2.44. The minimum absolute atomic E-state index is 0.119. The molecule has 0 saturated carbocycles. The van der Waals surface area contributed by atoms with Gasteiger partial charge < -0.3 is 21.0 Å². The van der Waals surface area contributed by atoms with E-state index < -0.39 is 5.91 Å². The summed E-state index contributed by atoms with van der Waals surface area (Å²) in [5, 5.41) is 0. The number of nitrogens with two attached hydrogens (primary N) is 2. The van der Waals surface area contributed by atoms with E-state index in [1.54, 1.807) is 19.2 Å². The quantitative estimate of drug-likeness (QED) is 0.423. The number of halogens is 1. The third-order valence-corrected chi connectivity index (χ3v) is 3.85. The molecule has 5 N–H and O–H groups in total. The van der Waals surface area contributed by atoms with E-state index in [1.165, 1.54) is 0 Å². The van der Waals surface area contributed by atoms with Gasteiger partial charge in [-0.05, 0) is 41.9 Å². The number of fused-ring (bicyclic) bond motifs is 1. The van der Waals surface area contributed by atoms with Gasteiger partial charge in [0.15, 0.2) is 5.96 Å². The molecule has 0 spiro atoms. The van der Waals surface area contributed by atoms with Crippen molar-refractivity contribution in [2.45, 2.75) is 31.9 Å². The van der Waals surface area contributed by atoms with Crippen LogP contribution < -0.4 is 21.7 Å². The molecule has 7 nitrogen and oxygen atoms in total. The minimum Gasteiger partial charge on any atom is -0.486 e. The monoisotopic (exact) mass is 370 g/mol. The fourth-order valence-corrected chi connectivity index (χ4v) is 3.01. The molecule has 1 aromatic carbocycles. The molecule has 1 aliphatic rings. The lowest BCUT2D eigenvalue weighted by atomic mass is 9.89. The maximum Gasteiger partial charge on any atom is 0.280 e. The Morgan fingerprint density at radius 2 is 2.18 bits per heavy atom. The molecule has 0 aliphatic carbocycles. The lowest BCUT2D eigenvalue weighted by molar-refractivity contribution is 0.00251. The number of nitrogens with one attached hydrogen (secondary N) is 1. The summed E-state index contributed by atoms with van der Waals surface area (Å²) in [5.41, 5.74) is 14.3. The Morgan fingerprint density at radius 1 is 1.50 bits per heavy atom. The second-order valence-corrected chi connectivity index (χ2v) is 6.51. The van der Waals surface area contributed by atoms with E-state index in [-0.39, 0.29) is 17.6 Å². The van der Waals surface area contributed by atoms with Gasteiger partial charge in [0, 0.05) is 17.5 Å². The number of amides is 1. The third kappa shape index (κ3) is 3.57. The highest BCUT2D eigenvalue weighted by atomic mass is 79.9. The largest absolute Gasteiger partial charge is 0.486 e. The molecule has 8 heteroatoms. The van der Waals surface area contributed by atoms with Gasteiger partial charge >= 0.3 is 0 Å². The van der Waals surface area contributed by atoms with E-state index in [2.05, 4.69) is 26.4 Å². The number of hydroxylamine groups is 1. The number of nitrogens with zero attached hydrogens (tertiary/aromatic N) is 1. The average molecular weight is 371 g/mol. The van der Waals surface area contributed by atoms with Gasteiger partial charge in [-0.15, -0.1) is 0 Å². The van der Waals surface area contributed by atoms with Crippen molar-refractivity contribution in [1.82, 2.24) is 5.48 Å². The van der Waals surface area contributed by atoms with E-state index in [0.717, 1.165) is 5.56 Å². The molecule has 120 valence electrons. The molecule has 1 unspecified atom stereocenters. The summed E-state index contributed by atoms with van der Waals surface area (Å²) < 4.78 is 6.67. The predicted octanol–water partition coefficient (Wildman–Crippen LogP) is 1.62. The van der Waals surface area contributed by atoms with E-state index in [0.29, 0.717) is 22.2 Å². The Labute approximate surface area is 137 Å². The molecule has 2 rings (SSSR count). The van der Waals surface area contributed by atoms with Crippen LogP contribution in [0, 0.1) is 0 Å². The van der Waals surface area contributed by atoms with Crippen molar-refractivity contribution < 1.29 is 14.4 Å². The number of ether oxygens (including phenoxy) is 1. The van der Waals surface area contributed by atoms with Crippen LogP contribution in [0.4, 0.5) is 0 Å². The smallest absolute Gasteiger partial charge is 0.280 e. The molecule has 1 aliphatic heterocycles. The average Bonchev–Trinajstić information content (AvgIpc) is 2.38. The fourth-order valence-electron chi connectivity index (χ4n) is 2.45. The van der Waals surface area contributed by atoms with Crippen LogP contribution in [-0.2, 0) is 4.84 Å². The third-order valence-electron chi connectivity index (χ3n) is 3.26. The summed E-state index contributed by atoms with van der Waals surface area (Å²) in [7, 11) is 1.55. The van der Waals surface area contributed by atoms with E-state index >= 15 is 0 Å². The van der Waals surface area contributed by atoms with Crippen molar-refractivity contribution in [2.24, 2.45) is 16.5 Å². The van der Waals surface area contributed by atoms with Crippen LogP contribution in [0.1, 0.15) is 42.2 Å². The van der Waals surface area contributed by atoms with Gasteiger partial charge in [0.1, 0.15) is 11.4 Å². The van der Waals surface area contributed by atoms with Gasteiger partial charge in [-0.1, -0.05) is 0 Å². The van der Waals surface area contributed by atoms with Crippen LogP contribution >= 0.6 is 15.9 Å². The zero-order valence-electron chi connectivity index (χ0n) is 12.6. The molecule has 1 amide bonds. The Balaban J connectivity index is 2.50. The van der Waals surface area contributed by atoms with Crippen molar-refractivity contribution in [3.05, 3.63) is 27.7 Å². The number of rotatable bonds is 3. The highest BCUT2D eigenvalue weighted by Gasteiger charge is 2.35. The summed E-state index contributed by atoms with van der Waals surface area (Å²) in [4.78, 5) is 20.6. The number of guanidine groups is 1. The molecule has 0 fully saturated rings. The van der Waals surface area contributed by atoms with Gasteiger partial charge in [0.25, 0.3) is 5.91 Å². The molecule has 1 atom stereocenters. The number of benzene rings is 1. The van der Waals surface area contributed by atoms with E-state index in [9.17, 15) is 4.79 Å². The molecule has 1 aromatic rings. The van der Waals surface area contributed by atoms with Gasteiger partial charge in [-0.25, -0.2) is 0 Å². The molecule has 0 bridgehead atoms. The number of hydrogen-bond donors (Lipinski definition) is 3. The number of aliphatic imine (C=N–C) groups is 1. The summed E-state index contributed by atoms with van der Waals surface area (Å²) in [6, 6.07) is 3.23. The number of carbonyl (C=O) groups is 1. The Morgan fingerprint density at radius 3 is 2.77 bits per heavy atom. The first-order valence-corrected chi connectivity index (χ1v) is 7.48. The maximum absolute atomic E-state index is 12.0. The molecule has 22 heavy (non-hydrogen) atoms. The molecule has 1 heterocycles. The summed E-state index contributed by atoms with van der Waals surface area (Å²) >= 11 is 3.44. The summed E-state index contributed by atoms with van der Waals surface area (Å²) in [6.45, 7) is 3.98. The van der Waals surface area contributed by atoms with Crippen LogP contribution in [0.3, 0.4) is 0 Å². The lowest BCUT2D eigenvalue weighted by Gasteiger charge is -2.38. The normalized spacial score (nSPS) is 19.0. The minimum atomic E-state index is -0.510. The first kappa shape index (κ1) is 16.7. The number of hydrogen-bond acceptors (Lipinski definition) is 4. The van der Waals surface area contributed by atoms with Crippen LogP contribution in [0.5, 0.6) is 5.75 Å². The highest BCUT2D eigenvalue weighted by molar-refractivity contribution is 9.10. The van der Waals surface area contributed by atoms with Crippen LogP contribution in [-0.4, -0.2) is 24.6 Å². The van der Waals surface area contributed by atoms with Gasteiger partial charge in [0.05, 0.1) is 17.6 Å². The van der Waals surface area contributed by atoms with Crippen LogP contribution in [0.25, 0.3) is 0 Å². The molecular weight excluding hydrogens is 352 g/mol. The summed E-state index contributed by atoms with van der Waals surface area (Å²) in [6.07, 6.45) is 0.681. The molecular formula is C14H19BrN4O3. The first-order valence-electron chi connectivity index (χ1n) is 6.68. The maximum atomic E-state index is 12.0. The Kier molecular flexibility index (Phi) is 4.74. The lowest BCUT2D eigenvalue weighted by Crippen LogP contribution is -2.39. The van der Waals surface area contributed by atoms with Crippen molar-refractivity contribution in [1.29, 1.82) is 0 Å². The number of carbonyl (C=O) groups excluding carboxylic acids is 1. The van der Waals surface area contributed by atoms with Gasteiger partial charge in [0.2, 0.25) is 0 Å².